The number of aromatic nitrogens is 1. The van der Waals surface area contributed by atoms with Gasteiger partial charge in [-0.2, -0.15) is 4.98 Å². The Morgan fingerprint density at radius 1 is 1.41 bits per heavy atom. The molecule has 94 valence electrons. The van der Waals surface area contributed by atoms with Crippen LogP contribution in [-0.4, -0.2) is 23.8 Å². The van der Waals surface area contributed by atoms with Crippen molar-refractivity contribution >= 4 is 17.6 Å². The van der Waals surface area contributed by atoms with Crippen LogP contribution in [0.5, 0.6) is 5.88 Å². The average Bonchev–Trinajstić information content (AvgIpc) is 2.18. The molecule has 17 heavy (non-hydrogen) atoms. The molecule has 6 nitrogen and oxygen atoms in total. The number of hydrogen-bond acceptors (Lipinski definition) is 5. The summed E-state index contributed by atoms with van der Waals surface area (Å²) < 4.78 is 9.99. The van der Waals surface area contributed by atoms with Crippen molar-refractivity contribution in [2.24, 2.45) is 0 Å². The highest BCUT2D eigenvalue weighted by molar-refractivity contribution is 5.88. The van der Waals surface area contributed by atoms with Crippen molar-refractivity contribution in [1.82, 2.24) is 4.98 Å². The number of carbonyl (C=O) groups excluding carboxylic acids is 1. The number of ether oxygens (including phenoxy) is 2. The molecule has 0 bridgehead atoms. The summed E-state index contributed by atoms with van der Waals surface area (Å²) in [6.07, 6.45) is -0.573. The van der Waals surface area contributed by atoms with E-state index in [9.17, 15) is 4.79 Å². The largest absolute Gasteiger partial charge is 0.481 e. The van der Waals surface area contributed by atoms with Gasteiger partial charge in [-0.15, -0.1) is 0 Å². The fourth-order valence-electron chi connectivity index (χ4n) is 1.09. The van der Waals surface area contributed by atoms with E-state index in [0.717, 1.165) is 0 Å². The van der Waals surface area contributed by atoms with Crippen molar-refractivity contribution in [2.75, 3.05) is 18.2 Å². The standard InChI is InChI=1S/C11H17N3O3/c1-11(2,3)17-10(15)13-7-5-6-8(16-4)14-9(7)12/h5-6H,1-4H3,(H2,12,14)(H,13,15). The minimum Gasteiger partial charge on any atom is -0.481 e. The summed E-state index contributed by atoms with van der Waals surface area (Å²) >= 11 is 0. The Bertz CT molecular complexity index is 413. The second-order valence-corrected chi connectivity index (χ2v) is 4.41. The summed E-state index contributed by atoms with van der Waals surface area (Å²) in [5, 5.41) is 2.51. The number of pyridine rings is 1. The lowest BCUT2D eigenvalue weighted by molar-refractivity contribution is 0.0636. The first-order valence-electron chi connectivity index (χ1n) is 5.12. The lowest BCUT2D eigenvalue weighted by atomic mass is 10.2. The van der Waals surface area contributed by atoms with Crippen LogP contribution in [0.3, 0.4) is 0 Å². The van der Waals surface area contributed by atoms with E-state index in [0.29, 0.717) is 11.6 Å². The van der Waals surface area contributed by atoms with Gasteiger partial charge in [-0.05, 0) is 26.8 Å². The number of nitrogens with zero attached hydrogens (tertiary/aromatic N) is 1. The Balaban J connectivity index is 2.72. The highest BCUT2D eigenvalue weighted by Crippen LogP contribution is 2.20. The lowest BCUT2D eigenvalue weighted by Crippen LogP contribution is -2.27. The third-order valence-corrected chi connectivity index (χ3v) is 1.74. The first-order chi connectivity index (χ1) is 7.81. The zero-order valence-electron chi connectivity index (χ0n) is 10.4. The number of hydrogen-bond donors (Lipinski definition) is 2. The fraction of sp³-hybridized carbons (Fsp3) is 0.455. The highest BCUT2D eigenvalue weighted by atomic mass is 16.6. The molecule has 1 heterocycles. The number of carbonyl (C=O) groups is 1. The van der Waals surface area contributed by atoms with Crippen molar-refractivity contribution in [3.8, 4) is 5.88 Å². The number of anilines is 2. The minimum atomic E-state index is -0.573. The van der Waals surface area contributed by atoms with Gasteiger partial charge in [0.05, 0.1) is 12.8 Å². The Kier molecular flexibility index (Phi) is 3.77. The Hall–Kier alpha value is -1.98. The zero-order valence-corrected chi connectivity index (χ0v) is 10.4. The molecule has 0 atom stereocenters. The summed E-state index contributed by atoms with van der Waals surface area (Å²) in [5.74, 6) is 0.562. The first kappa shape index (κ1) is 13.1. The van der Waals surface area contributed by atoms with Crippen LogP contribution in [0.4, 0.5) is 16.3 Å². The molecule has 0 fully saturated rings. The minimum absolute atomic E-state index is 0.176. The van der Waals surface area contributed by atoms with E-state index >= 15 is 0 Å². The van der Waals surface area contributed by atoms with Crippen molar-refractivity contribution in [2.45, 2.75) is 26.4 Å². The van der Waals surface area contributed by atoms with Crippen LogP contribution in [0.1, 0.15) is 20.8 Å². The fourth-order valence-corrected chi connectivity index (χ4v) is 1.09. The number of amides is 1. The molecule has 0 unspecified atom stereocenters. The van der Waals surface area contributed by atoms with Crippen molar-refractivity contribution in [1.29, 1.82) is 0 Å². The van der Waals surface area contributed by atoms with Gasteiger partial charge >= 0.3 is 6.09 Å². The molecular weight excluding hydrogens is 222 g/mol. The molecular formula is C11H17N3O3. The van der Waals surface area contributed by atoms with E-state index in [1.165, 1.54) is 7.11 Å². The van der Waals surface area contributed by atoms with E-state index in [4.69, 9.17) is 15.2 Å². The van der Waals surface area contributed by atoms with Gasteiger partial charge in [-0.3, -0.25) is 5.32 Å². The molecule has 0 radical (unpaired) electrons. The zero-order chi connectivity index (χ0) is 13.1. The molecule has 0 aromatic carbocycles. The molecule has 1 amide bonds. The number of nitrogens with two attached hydrogens (primary N) is 1. The maximum absolute atomic E-state index is 11.5. The van der Waals surface area contributed by atoms with Gasteiger partial charge in [0.1, 0.15) is 5.60 Å². The SMILES string of the molecule is COc1ccc(NC(=O)OC(C)(C)C)c(N)n1. The van der Waals surface area contributed by atoms with Gasteiger partial charge in [-0.25, -0.2) is 4.79 Å². The molecule has 0 aliphatic carbocycles. The molecule has 1 rings (SSSR count). The lowest BCUT2D eigenvalue weighted by Gasteiger charge is -2.20. The molecule has 3 N–H and O–H groups in total. The Labute approximate surface area is 100 Å². The van der Waals surface area contributed by atoms with Crippen LogP contribution in [-0.2, 0) is 4.74 Å². The number of nitrogens with one attached hydrogen (secondary N) is 1. The Morgan fingerprint density at radius 2 is 2.06 bits per heavy atom. The van der Waals surface area contributed by atoms with Crippen LogP contribution >= 0.6 is 0 Å². The molecule has 0 saturated heterocycles. The van der Waals surface area contributed by atoms with Gasteiger partial charge in [0.15, 0.2) is 5.82 Å². The van der Waals surface area contributed by atoms with Crippen LogP contribution in [0.25, 0.3) is 0 Å². The second-order valence-electron chi connectivity index (χ2n) is 4.41. The highest BCUT2D eigenvalue weighted by Gasteiger charge is 2.17. The van der Waals surface area contributed by atoms with Gasteiger partial charge in [0.2, 0.25) is 5.88 Å². The average molecular weight is 239 g/mol. The Morgan fingerprint density at radius 3 is 2.53 bits per heavy atom. The van der Waals surface area contributed by atoms with Gasteiger partial charge in [0, 0.05) is 6.07 Å². The summed E-state index contributed by atoms with van der Waals surface area (Å²) in [7, 11) is 1.49. The molecule has 0 spiro atoms. The molecule has 0 aliphatic rings. The van der Waals surface area contributed by atoms with Crippen LogP contribution in [0.2, 0.25) is 0 Å². The van der Waals surface area contributed by atoms with E-state index in [2.05, 4.69) is 10.3 Å². The van der Waals surface area contributed by atoms with Crippen molar-refractivity contribution < 1.29 is 14.3 Å². The number of methoxy groups -OCH3 is 1. The molecule has 6 heteroatoms. The van der Waals surface area contributed by atoms with Crippen molar-refractivity contribution in [3.05, 3.63) is 12.1 Å². The topological polar surface area (TPSA) is 86.5 Å². The van der Waals surface area contributed by atoms with E-state index in [1.54, 1.807) is 32.9 Å². The predicted molar refractivity (Wildman–Crippen MR) is 65.1 cm³/mol. The van der Waals surface area contributed by atoms with Gasteiger partial charge in [-0.1, -0.05) is 0 Å². The smallest absolute Gasteiger partial charge is 0.412 e. The number of nitrogen functional groups attached to an aromatic ring is 1. The molecule has 1 aromatic rings. The van der Waals surface area contributed by atoms with Crippen LogP contribution in [0, 0.1) is 0 Å². The second kappa shape index (κ2) is 4.90. The van der Waals surface area contributed by atoms with Crippen LogP contribution in [0.15, 0.2) is 12.1 Å². The molecule has 0 saturated carbocycles. The van der Waals surface area contributed by atoms with Crippen LogP contribution < -0.4 is 15.8 Å². The summed E-state index contributed by atoms with van der Waals surface area (Å²) in [6.45, 7) is 5.34. The predicted octanol–water partition coefficient (Wildman–Crippen LogP) is 2.02. The van der Waals surface area contributed by atoms with Crippen molar-refractivity contribution in [3.63, 3.8) is 0 Å². The van der Waals surface area contributed by atoms with E-state index < -0.39 is 11.7 Å². The maximum Gasteiger partial charge on any atom is 0.412 e. The summed E-state index contributed by atoms with van der Waals surface area (Å²) in [4.78, 5) is 15.4. The number of rotatable bonds is 2. The third kappa shape index (κ3) is 4.18. The third-order valence-electron chi connectivity index (χ3n) is 1.74. The monoisotopic (exact) mass is 239 g/mol. The quantitative estimate of drug-likeness (QED) is 0.824. The normalized spacial score (nSPS) is 10.8. The van der Waals surface area contributed by atoms with E-state index in [-0.39, 0.29) is 5.82 Å². The van der Waals surface area contributed by atoms with Gasteiger partial charge in [0.25, 0.3) is 0 Å². The molecule has 1 aromatic heterocycles. The maximum atomic E-state index is 11.5. The van der Waals surface area contributed by atoms with E-state index in [1.807, 2.05) is 0 Å². The first-order valence-corrected chi connectivity index (χ1v) is 5.12. The van der Waals surface area contributed by atoms with Gasteiger partial charge < -0.3 is 15.2 Å². The summed E-state index contributed by atoms with van der Waals surface area (Å²) in [6, 6.07) is 3.20. The molecule has 0 aliphatic heterocycles. The summed E-state index contributed by atoms with van der Waals surface area (Å²) in [5.41, 5.74) is 5.48.